The van der Waals surface area contributed by atoms with Crippen LogP contribution in [0.4, 0.5) is 0 Å². The van der Waals surface area contributed by atoms with Crippen LogP contribution in [-0.2, 0) is 17.6 Å². The lowest BCUT2D eigenvalue weighted by molar-refractivity contribution is -0.137. The summed E-state index contributed by atoms with van der Waals surface area (Å²) in [5.41, 5.74) is 5.15. The van der Waals surface area contributed by atoms with Gasteiger partial charge in [0, 0.05) is 6.42 Å². The monoisotopic (exact) mass is 392 g/mol. The van der Waals surface area contributed by atoms with Gasteiger partial charge in [-0.3, -0.25) is 4.79 Å². The zero-order valence-corrected chi connectivity index (χ0v) is 17.9. The van der Waals surface area contributed by atoms with E-state index in [1.165, 1.54) is 73.6 Å². The summed E-state index contributed by atoms with van der Waals surface area (Å²) in [7, 11) is 0. The Bertz CT molecular complexity index is 754. The molecule has 2 heteroatoms. The lowest BCUT2D eigenvalue weighted by Gasteiger charge is -2.28. The van der Waals surface area contributed by atoms with E-state index in [1.807, 2.05) is 6.07 Å². The lowest BCUT2D eigenvalue weighted by atomic mass is 9.78. The topological polar surface area (TPSA) is 37.3 Å². The number of aryl methyl sites for hydroxylation is 2. The maximum Gasteiger partial charge on any atom is 0.303 e. The van der Waals surface area contributed by atoms with Crippen LogP contribution in [-0.4, -0.2) is 11.1 Å². The Kier molecular flexibility index (Phi) is 8.34. The predicted molar refractivity (Wildman–Crippen MR) is 121 cm³/mol. The molecular weight excluding hydrogens is 356 g/mol. The van der Waals surface area contributed by atoms with Gasteiger partial charge >= 0.3 is 5.97 Å². The van der Waals surface area contributed by atoms with E-state index in [2.05, 4.69) is 49.4 Å². The van der Waals surface area contributed by atoms with Crippen molar-refractivity contribution < 1.29 is 9.90 Å². The number of carbonyl (C=O) groups is 1. The van der Waals surface area contributed by atoms with E-state index in [1.54, 1.807) is 0 Å². The molecule has 0 bridgehead atoms. The van der Waals surface area contributed by atoms with Crippen molar-refractivity contribution in [3.05, 3.63) is 59.7 Å². The number of rotatable bonds is 10. The van der Waals surface area contributed by atoms with E-state index in [9.17, 15) is 4.79 Å². The lowest BCUT2D eigenvalue weighted by Crippen LogP contribution is -2.15. The first kappa shape index (κ1) is 21.6. The SMILES string of the molecule is CCCC1CCC(CCc2ccc(-c3ccccc3CCCC(=O)O)cc2)CC1. The highest BCUT2D eigenvalue weighted by Gasteiger charge is 2.20. The van der Waals surface area contributed by atoms with Gasteiger partial charge in [0.15, 0.2) is 0 Å². The molecule has 156 valence electrons. The highest BCUT2D eigenvalue weighted by atomic mass is 16.4. The third-order valence-electron chi connectivity index (χ3n) is 6.62. The Hall–Kier alpha value is -2.09. The summed E-state index contributed by atoms with van der Waals surface area (Å²) in [4.78, 5) is 10.8. The van der Waals surface area contributed by atoms with Gasteiger partial charge in [-0.15, -0.1) is 0 Å². The summed E-state index contributed by atoms with van der Waals surface area (Å²) in [5, 5.41) is 8.89. The first-order chi connectivity index (χ1) is 14.2. The molecular formula is C27H36O2. The Morgan fingerprint density at radius 3 is 2.21 bits per heavy atom. The van der Waals surface area contributed by atoms with E-state index in [-0.39, 0.29) is 6.42 Å². The van der Waals surface area contributed by atoms with E-state index in [4.69, 9.17) is 5.11 Å². The van der Waals surface area contributed by atoms with Crippen molar-refractivity contribution in [3.63, 3.8) is 0 Å². The van der Waals surface area contributed by atoms with Crippen molar-refractivity contribution in [2.24, 2.45) is 11.8 Å². The Morgan fingerprint density at radius 2 is 1.55 bits per heavy atom. The molecule has 0 amide bonds. The first-order valence-corrected chi connectivity index (χ1v) is 11.5. The molecule has 2 nitrogen and oxygen atoms in total. The van der Waals surface area contributed by atoms with Crippen molar-refractivity contribution in [2.75, 3.05) is 0 Å². The van der Waals surface area contributed by atoms with Gasteiger partial charge in [0.1, 0.15) is 0 Å². The zero-order valence-electron chi connectivity index (χ0n) is 17.9. The van der Waals surface area contributed by atoms with E-state index in [0.717, 1.165) is 18.3 Å². The molecule has 1 saturated carbocycles. The summed E-state index contributed by atoms with van der Waals surface area (Å²) < 4.78 is 0. The Labute approximate surface area is 176 Å². The predicted octanol–water partition coefficient (Wildman–Crippen LogP) is 7.30. The van der Waals surface area contributed by atoms with E-state index >= 15 is 0 Å². The number of carboxylic acid groups (broad SMARTS) is 1. The quantitative estimate of drug-likeness (QED) is 0.460. The van der Waals surface area contributed by atoms with Gasteiger partial charge in [-0.2, -0.15) is 0 Å². The third-order valence-corrected chi connectivity index (χ3v) is 6.62. The van der Waals surface area contributed by atoms with Gasteiger partial charge < -0.3 is 5.11 Å². The maximum atomic E-state index is 10.8. The van der Waals surface area contributed by atoms with Crippen LogP contribution in [0.1, 0.15) is 75.8 Å². The van der Waals surface area contributed by atoms with Gasteiger partial charge in [-0.1, -0.05) is 94.0 Å². The maximum absolute atomic E-state index is 10.8. The smallest absolute Gasteiger partial charge is 0.303 e. The average molecular weight is 393 g/mol. The molecule has 0 saturated heterocycles. The molecule has 1 N–H and O–H groups in total. The molecule has 0 aliphatic heterocycles. The number of benzene rings is 2. The molecule has 0 radical (unpaired) electrons. The van der Waals surface area contributed by atoms with Crippen molar-refractivity contribution in [2.45, 2.75) is 77.6 Å². The highest BCUT2D eigenvalue weighted by Crippen LogP contribution is 2.34. The molecule has 2 aromatic rings. The van der Waals surface area contributed by atoms with Crippen LogP contribution in [0.3, 0.4) is 0 Å². The van der Waals surface area contributed by atoms with Crippen LogP contribution in [0.5, 0.6) is 0 Å². The second-order valence-electron chi connectivity index (χ2n) is 8.82. The summed E-state index contributed by atoms with van der Waals surface area (Å²) >= 11 is 0. The van der Waals surface area contributed by atoms with Gasteiger partial charge in [-0.25, -0.2) is 0 Å². The van der Waals surface area contributed by atoms with Crippen molar-refractivity contribution in [1.29, 1.82) is 0 Å². The van der Waals surface area contributed by atoms with Gasteiger partial charge in [-0.05, 0) is 59.8 Å². The number of hydrogen-bond donors (Lipinski definition) is 1. The van der Waals surface area contributed by atoms with E-state index < -0.39 is 5.97 Å². The zero-order chi connectivity index (χ0) is 20.5. The fraction of sp³-hybridized carbons (Fsp3) is 0.519. The molecule has 1 fully saturated rings. The standard InChI is InChI=1S/C27H36O2/c1-2-6-21-11-13-22(14-12-21)15-16-23-17-19-25(20-18-23)26-9-4-3-7-24(26)8-5-10-27(28)29/h3-4,7,9,17-22H,2,5-6,8,10-16H2,1H3,(H,28,29). The number of carboxylic acids is 1. The second-order valence-corrected chi connectivity index (χ2v) is 8.82. The molecule has 3 rings (SSSR count). The van der Waals surface area contributed by atoms with Gasteiger partial charge in [0.2, 0.25) is 0 Å². The van der Waals surface area contributed by atoms with Crippen molar-refractivity contribution in [3.8, 4) is 11.1 Å². The largest absolute Gasteiger partial charge is 0.481 e. The number of aliphatic carboxylic acids is 1. The molecule has 0 heterocycles. The van der Waals surface area contributed by atoms with Crippen molar-refractivity contribution in [1.82, 2.24) is 0 Å². The fourth-order valence-corrected chi connectivity index (χ4v) is 4.89. The minimum atomic E-state index is -0.717. The fourth-order valence-electron chi connectivity index (χ4n) is 4.89. The average Bonchev–Trinajstić information content (AvgIpc) is 2.74. The van der Waals surface area contributed by atoms with Crippen LogP contribution in [0, 0.1) is 11.8 Å². The van der Waals surface area contributed by atoms with Crippen molar-refractivity contribution >= 4 is 5.97 Å². The summed E-state index contributed by atoms with van der Waals surface area (Å²) in [6.07, 6.45) is 12.7. The summed E-state index contributed by atoms with van der Waals surface area (Å²) in [6.45, 7) is 2.31. The summed E-state index contributed by atoms with van der Waals surface area (Å²) in [5.74, 6) is 1.19. The van der Waals surface area contributed by atoms with Crippen LogP contribution in [0.25, 0.3) is 11.1 Å². The number of hydrogen-bond acceptors (Lipinski definition) is 1. The van der Waals surface area contributed by atoms with Crippen LogP contribution >= 0.6 is 0 Å². The van der Waals surface area contributed by atoms with Gasteiger partial charge in [0.25, 0.3) is 0 Å². The summed E-state index contributed by atoms with van der Waals surface area (Å²) in [6, 6.07) is 17.4. The highest BCUT2D eigenvalue weighted by molar-refractivity contribution is 5.68. The molecule has 0 aromatic heterocycles. The molecule has 0 unspecified atom stereocenters. The normalized spacial score (nSPS) is 19.2. The molecule has 2 aromatic carbocycles. The Morgan fingerprint density at radius 1 is 0.897 bits per heavy atom. The van der Waals surface area contributed by atoms with Crippen LogP contribution in [0.2, 0.25) is 0 Å². The van der Waals surface area contributed by atoms with Crippen LogP contribution in [0.15, 0.2) is 48.5 Å². The second kappa shape index (κ2) is 11.2. The molecule has 1 aliphatic rings. The third kappa shape index (κ3) is 6.73. The first-order valence-electron chi connectivity index (χ1n) is 11.5. The van der Waals surface area contributed by atoms with Crippen LogP contribution < -0.4 is 0 Å². The molecule has 0 atom stereocenters. The molecule has 29 heavy (non-hydrogen) atoms. The molecule has 1 aliphatic carbocycles. The van der Waals surface area contributed by atoms with E-state index in [0.29, 0.717) is 6.42 Å². The van der Waals surface area contributed by atoms with Gasteiger partial charge in [0.05, 0.1) is 0 Å². The minimum absolute atomic E-state index is 0.230. The molecule has 0 spiro atoms. The Balaban J connectivity index is 1.53. The minimum Gasteiger partial charge on any atom is -0.481 e.